The number of nitrogens with one attached hydrogen (secondary N) is 1. The van der Waals surface area contributed by atoms with Crippen LogP contribution in [0.1, 0.15) is 38.7 Å². The molecule has 0 aliphatic carbocycles. The van der Waals surface area contributed by atoms with Crippen molar-refractivity contribution < 1.29 is 39.2 Å². The number of carbonyl (C=O) groups is 3. The minimum absolute atomic E-state index is 0.0931. The number of allylic oxidation sites excluding steroid dienone is 1. The average Bonchev–Trinajstić information content (AvgIpc) is 3.02. The van der Waals surface area contributed by atoms with Gasteiger partial charge in [0.25, 0.3) is 5.91 Å². The molecule has 1 saturated heterocycles. The summed E-state index contributed by atoms with van der Waals surface area (Å²) in [5.41, 5.74) is 0.828. The number of methoxy groups -OCH3 is 1. The molecular weight excluding hydrogens is 468 g/mol. The Morgan fingerprint density at radius 3 is 2.44 bits per heavy atom. The smallest absolute Gasteiger partial charge is 0.325 e. The maximum atomic E-state index is 13.1. The van der Waals surface area contributed by atoms with E-state index in [9.17, 15) is 29.7 Å². The molecule has 2 rings (SSSR count). The van der Waals surface area contributed by atoms with Crippen molar-refractivity contribution in [3.8, 4) is 0 Å². The monoisotopic (exact) mass is 506 g/mol. The molecule has 1 aliphatic rings. The van der Waals surface area contributed by atoms with Gasteiger partial charge in [-0.05, 0) is 30.7 Å². The molecule has 0 saturated carbocycles. The molecule has 5 atom stereocenters. The summed E-state index contributed by atoms with van der Waals surface area (Å²) < 4.78 is 10.4. The molecular formula is C26H38N2O8. The molecule has 1 fully saturated rings. The van der Waals surface area contributed by atoms with Crippen LogP contribution in [0.25, 0.3) is 0 Å². The fourth-order valence-corrected chi connectivity index (χ4v) is 3.82. The Labute approximate surface area is 211 Å². The fourth-order valence-electron chi connectivity index (χ4n) is 3.82. The third kappa shape index (κ3) is 9.02. The van der Waals surface area contributed by atoms with Gasteiger partial charge in [-0.15, -0.1) is 0 Å². The van der Waals surface area contributed by atoms with Crippen LogP contribution < -0.4 is 5.32 Å². The minimum Gasteiger partial charge on any atom is -0.459 e. The number of aliphatic hydroxyl groups is 3. The van der Waals surface area contributed by atoms with Crippen molar-refractivity contribution in [1.82, 2.24) is 10.2 Å². The van der Waals surface area contributed by atoms with Gasteiger partial charge in [0.2, 0.25) is 5.91 Å². The van der Waals surface area contributed by atoms with Crippen molar-refractivity contribution in [2.24, 2.45) is 5.92 Å². The van der Waals surface area contributed by atoms with E-state index in [0.29, 0.717) is 25.8 Å². The molecule has 1 aromatic rings. The first kappa shape index (κ1) is 29.4. The summed E-state index contributed by atoms with van der Waals surface area (Å²) in [5.74, 6) is -1.69. The molecule has 1 heterocycles. The number of nitrogens with zero attached hydrogens (tertiary/aromatic N) is 1. The maximum Gasteiger partial charge on any atom is 0.325 e. The van der Waals surface area contributed by atoms with Gasteiger partial charge < -0.3 is 35.0 Å². The first-order valence-electron chi connectivity index (χ1n) is 12.2. The predicted octanol–water partition coefficient (Wildman–Crippen LogP) is 0.537. The molecule has 0 radical (unpaired) electrons. The van der Waals surface area contributed by atoms with Gasteiger partial charge in [-0.25, -0.2) is 0 Å². The van der Waals surface area contributed by atoms with Crippen molar-refractivity contribution in [3.05, 3.63) is 48.0 Å². The molecule has 1 aromatic carbocycles. The number of aliphatic hydroxyl groups excluding tert-OH is 3. The molecule has 10 nitrogen and oxygen atoms in total. The van der Waals surface area contributed by atoms with Gasteiger partial charge in [0, 0.05) is 13.7 Å². The van der Waals surface area contributed by atoms with Crippen LogP contribution in [-0.4, -0.2) is 88.7 Å². The van der Waals surface area contributed by atoms with Crippen LogP contribution in [0.3, 0.4) is 0 Å². The van der Waals surface area contributed by atoms with Crippen molar-refractivity contribution in [2.45, 2.75) is 70.2 Å². The number of hydrogen-bond donors (Lipinski definition) is 4. The first-order chi connectivity index (χ1) is 17.1. The number of likely N-dealkylation sites (tertiary alicyclic amines) is 1. The normalized spacial score (nSPS) is 20.0. The lowest BCUT2D eigenvalue weighted by Gasteiger charge is -2.29. The van der Waals surface area contributed by atoms with Crippen LogP contribution in [0.15, 0.2) is 42.5 Å². The van der Waals surface area contributed by atoms with Crippen LogP contribution in [0, 0.1) is 5.92 Å². The summed E-state index contributed by atoms with van der Waals surface area (Å²) in [6.45, 7) is 3.95. The van der Waals surface area contributed by atoms with E-state index in [1.807, 2.05) is 44.2 Å². The van der Waals surface area contributed by atoms with Crippen LogP contribution >= 0.6 is 0 Å². The van der Waals surface area contributed by atoms with E-state index in [4.69, 9.17) is 9.47 Å². The zero-order valence-corrected chi connectivity index (χ0v) is 21.1. The number of carbonyl (C=O) groups excluding carboxylic acids is 3. The van der Waals surface area contributed by atoms with Crippen molar-refractivity contribution in [3.63, 3.8) is 0 Å². The van der Waals surface area contributed by atoms with Crippen molar-refractivity contribution in [2.75, 3.05) is 20.2 Å². The SMILES string of the molecule is CO[C@@H](C(=O)NC1CCCCN(CC(=O)OCc2ccccc2)C1=O)[C@H](O)[C@@H](O)[C@H](O)C=CC(C)C. The second kappa shape index (κ2) is 14.7. The zero-order chi connectivity index (χ0) is 26.7. The van der Waals surface area contributed by atoms with Crippen LogP contribution in [-0.2, 0) is 30.5 Å². The quantitative estimate of drug-likeness (QED) is 0.237. The van der Waals surface area contributed by atoms with E-state index in [1.165, 1.54) is 18.1 Å². The van der Waals surface area contributed by atoms with E-state index >= 15 is 0 Å². The highest BCUT2D eigenvalue weighted by Crippen LogP contribution is 2.15. The topological polar surface area (TPSA) is 146 Å². The van der Waals surface area contributed by atoms with Crippen LogP contribution in [0.4, 0.5) is 0 Å². The first-order valence-corrected chi connectivity index (χ1v) is 12.2. The molecule has 0 aromatic heterocycles. The lowest BCUT2D eigenvalue weighted by atomic mass is 10.00. The highest BCUT2D eigenvalue weighted by atomic mass is 16.5. The number of amides is 2. The number of benzene rings is 1. The lowest BCUT2D eigenvalue weighted by molar-refractivity contribution is -0.153. The Morgan fingerprint density at radius 2 is 1.81 bits per heavy atom. The zero-order valence-electron chi connectivity index (χ0n) is 21.1. The van der Waals surface area contributed by atoms with E-state index in [1.54, 1.807) is 6.08 Å². The summed E-state index contributed by atoms with van der Waals surface area (Å²) in [7, 11) is 1.18. The van der Waals surface area contributed by atoms with Gasteiger partial charge in [-0.2, -0.15) is 0 Å². The van der Waals surface area contributed by atoms with E-state index < -0.39 is 48.2 Å². The van der Waals surface area contributed by atoms with E-state index in [2.05, 4.69) is 5.32 Å². The van der Waals surface area contributed by atoms with Gasteiger partial charge in [-0.1, -0.05) is 56.3 Å². The van der Waals surface area contributed by atoms with Crippen molar-refractivity contribution >= 4 is 17.8 Å². The summed E-state index contributed by atoms with van der Waals surface area (Å²) in [4.78, 5) is 39.6. The third-order valence-electron chi connectivity index (χ3n) is 5.88. The fraction of sp³-hybridized carbons (Fsp3) is 0.577. The molecule has 0 bridgehead atoms. The van der Waals surface area contributed by atoms with E-state index in [-0.39, 0.29) is 19.1 Å². The van der Waals surface area contributed by atoms with Crippen molar-refractivity contribution in [1.29, 1.82) is 0 Å². The Morgan fingerprint density at radius 1 is 1.11 bits per heavy atom. The molecule has 200 valence electrons. The molecule has 2 amide bonds. The highest BCUT2D eigenvalue weighted by Gasteiger charge is 2.38. The number of hydrogen-bond acceptors (Lipinski definition) is 8. The Bertz CT molecular complexity index is 876. The van der Waals surface area contributed by atoms with Crippen LogP contribution in [0.5, 0.6) is 0 Å². The standard InChI is InChI=1S/C26H38N2O8/c1-17(2)12-13-20(29)22(31)23(32)24(35-3)25(33)27-19-11-7-8-14-28(26(19)34)15-21(30)36-16-18-9-5-4-6-10-18/h4-6,9-10,12-13,17,19-20,22-24,29,31-32H,7-8,11,14-16H2,1-3H3,(H,27,33)/t19?,20-,22+,23-,24-/m1/s1. The molecule has 0 spiro atoms. The minimum atomic E-state index is -1.74. The number of esters is 1. The molecule has 1 aliphatic heterocycles. The van der Waals surface area contributed by atoms with Gasteiger partial charge in [-0.3, -0.25) is 14.4 Å². The summed E-state index contributed by atoms with van der Waals surface area (Å²) >= 11 is 0. The Kier molecular flexibility index (Phi) is 12.0. The van der Waals surface area contributed by atoms with Gasteiger partial charge >= 0.3 is 5.97 Å². The van der Waals surface area contributed by atoms with Gasteiger partial charge in [0.1, 0.15) is 37.5 Å². The summed E-state index contributed by atoms with van der Waals surface area (Å²) in [5, 5.41) is 33.4. The summed E-state index contributed by atoms with van der Waals surface area (Å²) in [6.07, 6.45) is -1.75. The number of ether oxygens (including phenoxy) is 2. The van der Waals surface area contributed by atoms with Gasteiger partial charge in [0.05, 0.1) is 0 Å². The van der Waals surface area contributed by atoms with Crippen LogP contribution in [0.2, 0.25) is 0 Å². The average molecular weight is 507 g/mol. The lowest BCUT2D eigenvalue weighted by Crippen LogP contribution is -2.56. The predicted molar refractivity (Wildman–Crippen MR) is 131 cm³/mol. The van der Waals surface area contributed by atoms with Gasteiger partial charge in [0.15, 0.2) is 6.10 Å². The second-order valence-corrected chi connectivity index (χ2v) is 9.22. The van der Waals surface area contributed by atoms with E-state index in [0.717, 1.165) is 5.56 Å². The second-order valence-electron chi connectivity index (χ2n) is 9.22. The molecule has 1 unspecified atom stereocenters. The summed E-state index contributed by atoms with van der Waals surface area (Å²) in [6, 6.07) is 8.24. The molecule has 4 N–H and O–H groups in total. The molecule has 36 heavy (non-hydrogen) atoms. The highest BCUT2D eigenvalue weighted by molar-refractivity contribution is 5.91. The molecule has 10 heteroatoms. The Hall–Kier alpha value is -2.79. The maximum absolute atomic E-state index is 13.1. The third-order valence-corrected chi connectivity index (χ3v) is 5.88. The largest absolute Gasteiger partial charge is 0.459 e. The number of rotatable bonds is 12. The Balaban J connectivity index is 1.97.